The second kappa shape index (κ2) is 6.42. The lowest BCUT2D eigenvalue weighted by Crippen LogP contribution is -2.10. The van der Waals surface area contributed by atoms with Crippen LogP contribution in [0.4, 0.5) is 0 Å². The van der Waals surface area contributed by atoms with Gasteiger partial charge in [0.15, 0.2) is 0 Å². The first-order valence-electron chi connectivity index (χ1n) is 7.44. The van der Waals surface area contributed by atoms with E-state index in [4.69, 9.17) is 10.8 Å². The van der Waals surface area contributed by atoms with Gasteiger partial charge < -0.3 is 15.4 Å². The van der Waals surface area contributed by atoms with Crippen molar-refractivity contribution in [2.45, 2.75) is 6.54 Å². The van der Waals surface area contributed by atoms with Crippen molar-refractivity contribution in [3.8, 4) is 0 Å². The lowest BCUT2D eigenvalue weighted by Gasteiger charge is -2.02. The summed E-state index contributed by atoms with van der Waals surface area (Å²) >= 11 is 0. The summed E-state index contributed by atoms with van der Waals surface area (Å²) in [4.78, 5) is 22.8. The van der Waals surface area contributed by atoms with Crippen molar-refractivity contribution in [1.82, 2.24) is 4.57 Å². The van der Waals surface area contributed by atoms with E-state index >= 15 is 0 Å². The van der Waals surface area contributed by atoms with Crippen LogP contribution in [0.1, 0.15) is 26.3 Å². The Hall–Kier alpha value is -3.34. The Balaban J connectivity index is 1.99. The van der Waals surface area contributed by atoms with Gasteiger partial charge in [-0.15, -0.1) is 0 Å². The van der Waals surface area contributed by atoms with E-state index in [1.54, 1.807) is 18.3 Å². The molecule has 5 nitrogen and oxygen atoms in total. The molecular formula is C19H16N2O3. The molecule has 1 aromatic heterocycles. The van der Waals surface area contributed by atoms with Gasteiger partial charge in [0.25, 0.3) is 5.91 Å². The van der Waals surface area contributed by atoms with Crippen LogP contribution in [0, 0.1) is 0 Å². The second-order valence-corrected chi connectivity index (χ2v) is 5.41. The first-order valence-corrected chi connectivity index (χ1v) is 7.44. The molecule has 0 saturated carbocycles. The molecule has 0 aliphatic rings. The molecule has 2 aromatic carbocycles. The highest BCUT2D eigenvalue weighted by atomic mass is 16.4. The summed E-state index contributed by atoms with van der Waals surface area (Å²) < 4.78 is 1.82. The van der Waals surface area contributed by atoms with Gasteiger partial charge in [-0.2, -0.15) is 0 Å². The van der Waals surface area contributed by atoms with Crippen LogP contribution in [0.15, 0.2) is 60.8 Å². The molecule has 0 saturated heterocycles. The molecule has 1 amide bonds. The van der Waals surface area contributed by atoms with Gasteiger partial charge in [0.1, 0.15) is 0 Å². The van der Waals surface area contributed by atoms with E-state index in [1.165, 1.54) is 6.07 Å². The number of nitrogens with zero attached hydrogens (tertiary/aromatic N) is 1. The molecule has 1 heterocycles. The predicted molar refractivity (Wildman–Crippen MR) is 92.9 cm³/mol. The van der Waals surface area contributed by atoms with E-state index in [0.29, 0.717) is 23.0 Å². The summed E-state index contributed by atoms with van der Waals surface area (Å²) in [6.45, 7) is 0.502. The van der Waals surface area contributed by atoms with Crippen LogP contribution in [0.2, 0.25) is 0 Å². The van der Waals surface area contributed by atoms with E-state index in [-0.39, 0.29) is 5.56 Å². The lowest BCUT2D eigenvalue weighted by atomic mass is 10.1. The molecule has 24 heavy (non-hydrogen) atoms. The van der Waals surface area contributed by atoms with Crippen LogP contribution in [0.3, 0.4) is 0 Å². The van der Waals surface area contributed by atoms with E-state index in [2.05, 4.69) is 0 Å². The van der Waals surface area contributed by atoms with Gasteiger partial charge in [0.05, 0.1) is 11.1 Å². The minimum Gasteiger partial charge on any atom is -0.478 e. The number of benzene rings is 2. The van der Waals surface area contributed by atoms with E-state index < -0.39 is 11.9 Å². The molecular weight excluding hydrogens is 304 g/mol. The predicted octanol–water partition coefficient (Wildman–Crippen LogP) is 3.15. The van der Waals surface area contributed by atoms with Gasteiger partial charge in [0.2, 0.25) is 0 Å². The highest BCUT2D eigenvalue weighted by Gasteiger charge is 2.14. The lowest BCUT2D eigenvalue weighted by molar-refractivity contribution is 0.0697. The average Bonchev–Trinajstić information content (AvgIpc) is 2.94. The summed E-state index contributed by atoms with van der Waals surface area (Å²) in [5.41, 5.74) is 7.71. The summed E-state index contributed by atoms with van der Waals surface area (Å²) in [7, 11) is 0. The van der Waals surface area contributed by atoms with Crippen molar-refractivity contribution < 1.29 is 14.7 Å². The zero-order valence-electron chi connectivity index (χ0n) is 12.8. The SMILES string of the molecule is NC(=O)c1cn(CC=Cc2ccccc2)c2cc(C(=O)O)ccc12. The van der Waals surface area contributed by atoms with Gasteiger partial charge in [-0.1, -0.05) is 48.6 Å². The molecule has 0 bridgehead atoms. The third-order valence-corrected chi connectivity index (χ3v) is 3.81. The number of carbonyl (C=O) groups excluding carboxylic acids is 1. The number of carbonyl (C=O) groups is 2. The third-order valence-electron chi connectivity index (χ3n) is 3.81. The summed E-state index contributed by atoms with van der Waals surface area (Å²) in [6.07, 6.45) is 5.58. The van der Waals surface area contributed by atoms with Gasteiger partial charge >= 0.3 is 5.97 Å². The van der Waals surface area contributed by atoms with Crippen molar-refractivity contribution in [2.24, 2.45) is 5.73 Å². The van der Waals surface area contributed by atoms with Gasteiger partial charge in [-0.05, 0) is 17.7 Å². The maximum atomic E-state index is 11.6. The molecule has 3 rings (SSSR count). The normalized spacial score (nSPS) is 11.2. The van der Waals surface area contributed by atoms with Crippen LogP contribution in [-0.4, -0.2) is 21.6 Å². The first-order chi connectivity index (χ1) is 11.6. The van der Waals surface area contributed by atoms with Crippen molar-refractivity contribution >= 4 is 28.9 Å². The number of hydrogen-bond donors (Lipinski definition) is 2. The van der Waals surface area contributed by atoms with Gasteiger partial charge in [0, 0.05) is 23.6 Å². The van der Waals surface area contributed by atoms with Crippen LogP contribution in [-0.2, 0) is 6.54 Å². The average molecular weight is 320 g/mol. The Labute approximate surface area is 138 Å². The van der Waals surface area contributed by atoms with Crippen molar-refractivity contribution in [3.63, 3.8) is 0 Å². The fourth-order valence-electron chi connectivity index (χ4n) is 2.64. The topological polar surface area (TPSA) is 85.3 Å². The maximum Gasteiger partial charge on any atom is 0.335 e. The number of nitrogens with two attached hydrogens (primary N) is 1. The Morgan fingerprint density at radius 2 is 1.88 bits per heavy atom. The number of carboxylic acids is 1. The van der Waals surface area contributed by atoms with Crippen LogP contribution in [0.25, 0.3) is 17.0 Å². The van der Waals surface area contributed by atoms with E-state index in [0.717, 1.165) is 5.56 Å². The number of primary amides is 1. The largest absolute Gasteiger partial charge is 0.478 e. The number of fused-ring (bicyclic) bond motifs is 1. The summed E-state index contributed by atoms with van der Waals surface area (Å²) in [5.74, 6) is -1.54. The molecule has 0 radical (unpaired) electrons. The highest BCUT2D eigenvalue weighted by molar-refractivity contribution is 6.07. The molecule has 0 atom stereocenters. The van der Waals surface area contributed by atoms with Crippen molar-refractivity contribution in [2.75, 3.05) is 0 Å². The van der Waals surface area contributed by atoms with Gasteiger partial charge in [-0.3, -0.25) is 4.79 Å². The molecule has 0 unspecified atom stereocenters. The number of allylic oxidation sites excluding steroid dienone is 1. The molecule has 3 N–H and O–H groups in total. The quantitative estimate of drug-likeness (QED) is 0.757. The van der Waals surface area contributed by atoms with Crippen LogP contribution in [0.5, 0.6) is 0 Å². The second-order valence-electron chi connectivity index (χ2n) is 5.41. The number of hydrogen-bond acceptors (Lipinski definition) is 2. The third kappa shape index (κ3) is 3.05. The van der Waals surface area contributed by atoms with Gasteiger partial charge in [-0.25, -0.2) is 4.79 Å². The summed E-state index contributed by atoms with van der Waals surface area (Å²) in [6, 6.07) is 14.5. The molecule has 0 fully saturated rings. The fraction of sp³-hybridized carbons (Fsp3) is 0.0526. The standard InChI is InChI=1S/C19H16N2O3/c20-18(22)16-12-21(10-4-7-13-5-2-1-3-6-13)17-11-14(19(23)24)8-9-15(16)17/h1-9,11-12H,10H2,(H2,20,22)(H,23,24). The van der Waals surface area contributed by atoms with Crippen LogP contribution >= 0.6 is 0 Å². The Morgan fingerprint density at radius 3 is 2.54 bits per heavy atom. The fourth-order valence-corrected chi connectivity index (χ4v) is 2.64. The molecule has 5 heteroatoms. The van der Waals surface area contributed by atoms with E-state index in [1.807, 2.05) is 47.1 Å². The van der Waals surface area contributed by atoms with Crippen molar-refractivity contribution in [3.05, 3.63) is 77.5 Å². The Bertz CT molecular complexity index is 940. The Morgan fingerprint density at radius 1 is 1.12 bits per heavy atom. The monoisotopic (exact) mass is 320 g/mol. The first kappa shape index (κ1) is 15.6. The van der Waals surface area contributed by atoms with Crippen LogP contribution < -0.4 is 5.73 Å². The van der Waals surface area contributed by atoms with Crippen molar-refractivity contribution in [1.29, 1.82) is 0 Å². The number of aromatic carboxylic acids is 1. The molecule has 3 aromatic rings. The summed E-state index contributed by atoms with van der Waals surface area (Å²) in [5, 5.41) is 9.81. The minimum absolute atomic E-state index is 0.171. The van der Waals surface area contributed by atoms with E-state index in [9.17, 15) is 9.59 Å². The molecule has 0 aliphatic heterocycles. The molecule has 0 aliphatic carbocycles. The maximum absolute atomic E-state index is 11.6. The number of aromatic nitrogens is 1. The minimum atomic E-state index is -1.01. The molecule has 0 spiro atoms. The highest BCUT2D eigenvalue weighted by Crippen LogP contribution is 2.23. The number of rotatable bonds is 5. The smallest absolute Gasteiger partial charge is 0.335 e. The molecule has 120 valence electrons. The number of amides is 1. The zero-order chi connectivity index (χ0) is 17.1. The zero-order valence-corrected chi connectivity index (χ0v) is 12.8. The Kier molecular flexibility index (Phi) is 4.16. The number of carboxylic acid groups (broad SMARTS) is 1.